The number of nitrogens with one attached hydrogen (secondary N) is 1. The van der Waals surface area contributed by atoms with E-state index < -0.39 is 0 Å². The van der Waals surface area contributed by atoms with E-state index in [-0.39, 0.29) is 12.5 Å². The lowest BCUT2D eigenvalue weighted by Crippen LogP contribution is -2.20. The number of ether oxygens (including phenoxy) is 1. The molecule has 10 heteroatoms. The molecular formula is C18H18N8O2. The van der Waals surface area contributed by atoms with Crippen molar-refractivity contribution >= 4 is 28.3 Å². The van der Waals surface area contributed by atoms with Crippen molar-refractivity contribution in [2.75, 3.05) is 11.9 Å². The van der Waals surface area contributed by atoms with Gasteiger partial charge >= 0.3 is 6.01 Å². The Hall–Kier alpha value is -3.56. The minimum atomic E-state index is -0.219. The standard InChI is InChI=1S/C18H18N8O2/c27-16(23-14-3-5-25-15(7-14)20-11-22-25)10-26-17-13(9-21-26)8-19-18(24-17)28-6-4-12-1-2-12/h3,5,7-9,11-12H,1-2,4,6,10H2,(H,23,27). The lowest BCUT2D eigenvalue weighted by Gasteiger charge is -2.07. The molecule has 1 N–H and O–H groups in total. The first kappa shape index (κ1) is 16.6. The van der Waals surface area contributed by atoms with E-state index in [2.05, 4.69) is 30.5 Å². The quantitative estimate of drug-likeness (QED) is 0.521. The molecule has 4 aromatic heterocycles. The number of aromatic nitrogens is 7. The fourth-order valence-electron chi connectivity index (χ4n) is 2.99. The lowest BCUT2D eigenvalue weighted by atomic mass is 10.3. The summed E-state index contributed by atoms with van der Waals surface area (Å²) in [5, 5.41) is 11.9. The van der Waals surface area contributed by atoms with Crippen LogP contribution in [-0.4, -0.2) is 46.9 Å². The van der Waals surface area contributed by atoms with Crippen LogP contribution in [0.5, 0.6) is 6.01 Å². The number of rotatable bonds is 7. The number of amides is 1. The molecule has 0 spiro atoms. The van der Waals surface area contributed by atoms with Gasteiger partial charge in [0.05, 0.1) is 18.2 Å². The summed E-state index contributed by atoms with van der Waals surface area (Å²) in [6.07, 6.45) is 10.1. The number of fused-ring (bicyclic) bond motifs is 2. The second kappa shape index (κ2) is 6.87. The zero-order valence-electron chi connectivity index (χ0n) is 15.0. The lowest BCUT2D eigenvalue weighted by molar-refractivity contribution is -0.116. The first-order valence-electron chi connectivity index (χ1n) is 9.15. The number of nitrogens with zero attached hydrogens (tertiary/aromatic N) is 7. The summed E-state index contributed by atoms with van der Waals surface area (Å²) >= 11 is 0. The Morgan fingerprint density at radius 1 is 1.25 bits per heavy atom. The molecule has 4 heterocycles. The van der Waals surface area contributed by atoms with E-state index in [1.54, 1.807) is 35.2 Å². The van der Waals surface area contributed by atoms with Crippen LogP contribution in [0.15, 0.2) is 37.1 Å². The molecule has 10 nitrogen and oxygen atoms in total. The van der Waals surface area contributed by atoms with E-state index in [4.69, 9.17) is 4.74 Å². The van der Waals surface area contributed by atoms with Crippen LogP contribution in [0.4, 0.5) is 5.69 Å². The van der Waals surface area contributed by atoms with Crippen LogP contribution in [0.3, 0.4) is 0 Å². The fourth-order valence-corrected chi connectivity index (χ4v) is 2.99. The maximum atomic E-state index is 12.4. The molecule has 4 aromatic rings. The van der Waals surface area contributed by atoms with Crippen LogP contribution in [-0.2, 0) is 11.3 Å². The van der Waals surface area contributed by atoms with Crippen molar-refractivity contribution in [2.45, 2.75) is 25.8 Å². The zero-order chi connectivity index (χ0) is 18.9. The first-order chi connectivity index (χ1) is 13.7. The molecule has 142 valence electrons. The predicted octanol–water partition coefficient (Wildman–Crippen LogP) is 1.69. The molecule has 1 fully saturated rings. The molecule has 0 atom stereocenters. The highest BCUT2D eigenvalue weighted by molar-refractivity contribution is 5.91. The van der Waals surface area contributed by atoms with Gasteiger partial charge in [-0.3, -0.25) is 4.79 Å². The average Bonchev–Trinajstić information content (AvgIpc) is 3.25. The predicted molar refractivity (Wildman–Crippen MR) is 99.8 cm³/mol. The third-order valence-electron chi connectivity index (χ3n) is 4.67. The molecule has 5 rings (SSSR count). The number of carbonyl (C=O) groups excluding carboxylic acids is 1. The second-order valence-corrected chi connectivity index (χ2v) is 6.84. The van der Waals surface area contributed by atoms with Gasteiger partial charge in [0.2, 0.25) is 5.91 Å². The molecule has 0 radical (unpaired) electrons. The van der Waals surface area contributed by atoms with Crippen LogP contribution >= 0.6 is 0 Å². The Bertz CT molecular complexity index is 1150. The Morgan fingerprint density at radius 3 is 3.07 bits per heavy atom. The Kier molecular flexibility index (Phi) is 4.08. The Morgan fingerprint density at radius 2 is 2.18 bits per heavy atom. The van der Waals surface area contributed by atoms with Crippen molar-refractivity contribution < 1.29 is 9.53 Å². The summed E-state index contributed by atoms with van der Waals surface area (Å²) < 4.78 is 8.80. The summed E-state index contributed by atoms with van der Waals surface area (Å²) in [6, 6.07) is 3.82. The smallest absolute Gasteiger partial charge is 0.318 e. The van der Waals surface area contributed by atoms with Gasteiger partial charge in [0, 0.05) is 24.1 Å². The summed E-state index contributed by atoms with van der Waals surface area (Å²) in [5.41, 5.74) is 1.86. The number of hydrogen-bond donors (Lipinski definition) is 1. The van der Waals surface area contributed by atoms with Gasteiger partial charge in [-0.15, -0.1) is 0 Å². The molecule has 0 bridgehead atoms. The van der Waals surface area contributed by atoms with E-state index >= 15 is 0 Å². The van der Waals surface area contributed by atoms with E-state index in [1.165, 1.54) is 23.9 Å². The molecule has 1 aliphatic carbocycles. The topological polar surface area (TPSA) is 112 Å². The normalized spacial score (nSPS) is 13.9. The number of hydrogen-bond acceptors (Lipinski definition) is 7. The highest BCUT2D eigenvalue weighted by Crippen LogP contribution is 2.32. The molecule has 0 saturated heterocycles. The number of anilines is 1. The molecule has 28 heavy (non-hydrogen) atoms. The summed E-state index contributed by atoms with van der Waals surface area (Å²) in [7, 11) is 0. The van der Waals surface area contributed by atoms with Crippen LogP contribution < -0.4 is 10.1 Å². The van der Waals surface area contributed by atoms with Crippen LogP contribution in [0.25, 0.3) is 16.7 Å². The molecule has 0 unspecified atom stereocenters. The van der Waals surface area contributed by atoms with Gasteiger partial charge in [-0.2, -0.15) is 15.2 Å². The molecule has 0 aromatic carbocycles. The highest BCUT2D eigenvalue weighted by Gasteiger charge is 2.21. The van der Waals surface area contributed by atoms with Gasteiger partial charge in [-0.05, 0) is 18.4 Å². The van der Waals surface area contributed by atoms with Crippen molar-refractivity contribution in [2.24, 2.45) is 5.92 Å². The van der Waals surface area contributed by atoms with Gasteiger partial charge < -0.3 is 10.1 Å². The number of pyridine rings is 1. The van der Waals surface area contributed by atoms with Gasteiger partial charge in [0.25, 0.3) is 0 Å². The minimum Gasteiger partial charge on any atom is -0.463 e. The fraction of sp³-hybridized carbons (Fsp3) is 0.333. The maximum absolute atomic E-state index is 12.4. The van der Waals surface area contributed by atoms with Crippen LogP contribution in [0.1, 0.15) is 19.3 Å². The van der Waals surface area contributed by atoms with Gasteiger partial charge in [-0.25, -0.2) is 19.2 Å². The SMILES string of the molecule is O=C(Cn1ncc2cnc(OCCC3CC3)nc21)Nc1ccn2ncnc2c1. The maximum Gasteiger partial charge on any atom is 0.318 e. The Labute approximate surface area is 159 Å². The van der Waals surface area contributed by atoms with Crippen molar-refractivity contribution in [3.63, 3.8) is 0 Å². The highest BCUT2D eigenvalue weighted by atomic mass is 16.5. The second-order valence-electron chi connectivity index (χ2n) is 6.84. The zero-order valence-corrected chi connectivity index (χ0v) is 15.0. The van der Waals surface area contributed by atoms with Crippen molar-refractivity contribution in [3.8, 4) is 6.01 Å². The molecule has 1 aliphatic rings. The summed E-state index contributed by atoms with van der Waals surface area (Å²) in [6.45, 7) is 0.635. The minimum absolute atomic E-state index is 0.0277. The largest absolute Gasteiger partial charge is 0.463 e. The van der Waals surface area contributed by atoms with E-state index in [0.717, 1.165) is 17.7 Å². The third kappa shape index (κ3) is 3.48. The third-order valence-corrected chi connectivity index (χ3v) is 4.67. The Balaban J connectivity index is 1.28. The monoisotopic (exact) mass is 378 g/mol. The van der Waals surface area contributed by atoms with Crippen LogP contribution in [0.2, 0.25) is 0 Å². The molecule has 1 saturated carbocycles. The van der Waals surface area contributed by atoms with Gasteiger partial charge in [0.15, 0.2) is 11.3 Å². The van der Waals surface area contributed by atoms with Gasteiger partial charge in [-0.1, -0.05) is 12.8 Å². The van der Waals surface area contributed by atoms with E-state index in [9.17, 15) is 4.79 Å². The van der Waals surface area contributed by atoms with E-state index in [1.807, 2.05) is 0 Å². The van der Waals surface area contributed by atoms with Crippen molar-refractivity contribution in [3.05, 3.63) is 37.1 Å². The molecule has 1 amide bonds. The van der Waals surface area contributed by atoms with Crippen molar-refractivity contribution in [1.29, 1.82) is 0 Å². The molecular weight excluding hydrogens is 360 g/mol. The van der Waals surface area contributed by atoms with E-state index in [0.29, 0.717) is 29.6 Å². The van der Waals surface area contributed by atoms with Crippen molar-refractivity contribution in [1.82, 2.24) is 34.3 Å². The van der Waals surface area contributed by atoms with Crippen LogP contribution in [0, 0.1) is 5.92 Å². The average molecular weight is 378 g/mol. The molecule has 0 aliphatic heterocycles. The van der Waals surface area contributed by atoms with Gasteiger partial charge in [0.1, 0.15) is 12.9 Å². The first-order valence-corrected chi connectivity index (χ1v) is 9.15. The summed E-state index contributed by atoms with van der Waals surface area (Å²) in [4.78, 5) is 25.2. The summed E-state index contributed by atoms with van der Waals surface area (Å²) in [5.74, 6) is 0.568. The number of carbonyl (C=O) groups is 1.